The molecular formula is C20H20N6O2. The van der Waals surface area contributed by atoms with E-state index in [1.165, 1.54) is 0 Å². The zero-order chi connectivity index (χ0) is 19.4. The summed E-state index contributed by atoms with van der Waals surface area (Å²) in [6.07, 6.45) is 5.02. The Balaban J connectivity index is 1.82. The van der Waals surface area contributed by atoms with Crippen molar-refractivity contribution in [3.8, 4) is 11.1 Å². The van der Waals surface area contributed by atoms with Gasteiger partial charge in [0.05, 0.1) is 11.8 Å². The first kappa shape index (κ1) is 16.9. The number of hydrogen-bond donors (Lipinski definition) is 3. The predicted octanol–water partition coefficient (Wildman–Crippen LogP) is 2.31. The third-order valence-electron chi connectivity index (χ3n) is 5.55. The SMILES string of the molecule is Cc1nc(N)nc2c1cc(-c1cnc3[nH]ccc3c1)c(=O)n2[C@@H]1CC[C@H](O)C1. The summed E-state index contributed by atoms with van der Waals surface area (Å²) in [7, 11) is 0. The summed E-state index contributed by atoms with van der Waals surface area (Å²) in [6.45, 7) is 1.86. The van der Waals surface area contributed by atoms with Crippen LogP contribution in [0, 0.1) is 6.92 Å². The maximum Gasteiger partial charge on any atom is 0.260 e. The molecule has 1 fully saturated rings. The van der Waals surface area contributed by atoms with Gasteiger partial charge in [0.2, 0.25) is 5.95 Å². The second-order valence-corrected chi connectivity index (χ2v) is 7.40. The highest BCUT2D eigenvalue weighted by Gasteiger charge is 2.28. The molecule has 4 heterocycles. The summed E-state index contributed by atoms with van der Waals surface area (Å²) in [5.41, 5.74) is 9.01. The van der Waals surface area contributed by atoms with Gasteiger partial charge >= 0.3 is 0 Å². The van der Waals surface area contributed by atoms with Crippen LogP contribution in [-0.2, 0) is 0 Å². The van der Waals surface area contributed by atoms with Gasteiger partial charge in [-0.05, 0) is 44.4 Å². The Morgan fingerprint density at radius 2 is 2.14 bits per heavy atom. The third kappa shape index (κ3) is 2.56. The Labute approximate surface area is 160 Å². The van der Waals surface area contributed by atoms with Gasteiger partial charge in [0.15, 0.2) is 0 Å². The number of H-pyrrole nitrogens is 1. The van der Waals surface area contributed by atoms with E-state index in [0.717, 1.165) is 28.4 Å². The van der Waals surface area contributed by atoms with E-state index in [-0.39, 0.29) is 17.5 Å². The molecule has 0 radical (unpaired) electrons. The second-order valence-electron chi connectivity index (χ2n) is 7.40. The maximum atomic E-state index is 13.5. The molecule has 0 amide bonds. The molecule has 8 nitrogen and oxygen atoms in total. The van der Waals surface area contributed by atoms with Gasteiger partial charge in [0, 0.05) is 40.3 Å². The van der Waals surface area contributed by atoms with E-state index in [0.29, 0.717) is 29.7 Å². The minimum Gasteiger partial charge on any atom is -0.393 e. The summed E-state index contributed by atoms with van der Waals surface area (Å²) < 4.78 is 1.69. The summed E-state index contributed by atoms with van der Waals surface area (Å²) >= 11 is 0. The molecule has 0 spiro atoms. The molecule has 5 rings (SSSR count). The van der Waals surface area contributed by atoms with Crippen molar-refractivity contribution in [3.05, 3.63) is 46.6 Å². The van der Waals surface area contributed by atoms with Gasteiger partial charge in [-0.1, -0.05) is 0 Å². The first-order chi connectivity index (χ1) is 13.5. The zero-order valence-electron chi connectivity index (χ0n) is 15.4. The minimum absolute atomic E-state index is 0.123. The van der Waals surface area contributed by atoms with E-state index in [9.17, 15) is 9.90 Å². The molecule has 2 atom stereocenters. The van der Waals surface area contributed by atoms with Crippen molar-refractivity contribution in [1.82, 2.24) is 24.5 Å². The number of aryl methyl sites for hydroxylation is 1. The van der Waals surface area contributed by atoms with Crippen LogP contribution in [0.4, 0.5) is 5.95 Å². The number of rotatable bonds is 2. The number of aliphatic hydroxyl groups excluding tert-OH is 1. The molecular weight excluding hydrogens is 356 g/mol. The number of nitrogens with zero attached hydrogens (tertiary/aromatic N) is 4. The van der Waals surface area contributed by atoms with Crippen molar-refractivity contribution in [2.45, 2.75) is 38.3 Å². The zero-order valence-corrected chi connectivity index (χ0v) is 15.4. The third-order valence-corrected chi connectivity index (χ3v) is 5.55. The van der Waals surface area contributed by atoms with E-state index < -0.39 is 6.10 Å². The summed E-state index contributed by atoms with van der Waals surface area (Å²) in [5, 5.41) is 11.7. The molecule has 0 bridgehead atoms. The fourth-order valence-corrected chi connectivity index (χ4v) is 4.17. The highest BCUT2D eigenvalue weighted by Crippen LogP contribution is 2.33. The smallest absolute Gasteiger partial charge is 0.260 e. The van der Waals surface area contributed by atoms with Crippen LogP contribution in [0.3, 0.4) is 0 Å². The van der Waals surface area contributed by atoms with Gasteiger partial charge in [0.25, 0.3) is 5.56 Å². The second kappa shape index (κ2) is 6.13. The summed E-state index contributed by atoms with van der Waals surface area (Å²) in [4.78, 5) is 29.6. The molecule has 1 aliphatic carbocycles. The molecule has 8 heteroatoms. The fraction of sp³-hybridized carbons (Fsp3) is 0.300. The van der Waals surface area contributed by atoms with Gasteiger partial charge < -0.3 is 15.8 Å². The molecule has 142 valence electrons. The number of anilines is 1. The van der Waals surface area contributed by atoms with Crippen molar-refractivity contribution in [1.29, 1.82) is 0 Å². The molecule has 0 aromatic carbocycles. The Kier molecular flexibility index (Phi) is 3.70. The van der Waals surface area contributed by atoms with Crippen molar-refractivity contribution < 1.29 is 5.11 Å². The van der Waals surface area contributed by atoms with E-state index in [2.05, 4.69) is 19.9 Å². The molecule has 4 aromatic rings. The number of nitrogens with two attached hydrogens (primary N) is 1. The van der Waals surface area contributed by atoms with Crippen LogP contribution in [0.2, 0.25) is 0 Å². The van der Waals surface area contributed by atoms with Crippen molar-refractivity contribution >= 4 is 28.0 Å². The number of aromatic amines is 1. The Hall–Kier alpha value is -3.26. The van der Waals surface area contributed by atoms with Gasteiger partial charge in [-0.25, -0.2) is 9.97 Å². The van der Waals surface area contributed by atoms with Crippen LogP contribution in [0.25, 0.3) is 33.2 Å². The number of nitrogen functional groups attached to an aromatic ring is 1. The monoisotopic (exact) mass is 376 g/mol. The van der Waals surface area contributed by atoms with Gasteiger partial charge in [-0.15, -0.1) is 0 Å². The summed E-state index contributed by atoms with van der Waals surface area (Å²) in [5.74, 6) is 0.139. The van der Waals surface area contributed by atoms with Gasteiger partial charge in [-0.2, -0.15) is 4.98 Å². The number of aromatic nitrogens is 5. The van der Waals surface area contributed by atoms with E-state index in [4.69, 9.17) is 5.73 Å². The Morgan fingerprint density at radius 1 is 1.29 bits per heavy atom. The summed E-state index contributed by atoms with van der Waals surface area (Å²) in [6, 6.07) is 5.57. The molecule has 0 unspecified atom stereocenters. The lowest BCUT2D eigenvalue weighted by atomic mass is 10.0. The highest BCUT2D eigenvalue weighted by molar-refractivity contribution is 5.86. The van der Waals surface area contributed by atoms with E-state index in [1.807, 2.05) is 31.3 Å². The molecule has 0 aliphatic heterocycles. The standard InChI is InChI=1S/C20H20N6O2/c1-10-15-8-16(12-6-11-4-5-22-17(11)23-9-12)19(28)26(13-2-3-14(27)7-13)18(15)25-20(21)24-10/h4-6,8-9,13-14,27H,2-3,7H2,1H3,(H,22,23)(H2,21,24,25)/t13-,14+/m1/s1. The van der Waals surface area contributed by atoms with E-state index in [1.54, 1.807) is 10.8 Å². The first-order valence-electron chi connectivity index (χ1n) is 9.32. The molecule has 28 heavy (non-hydrogen) atoms. The van der Waals surface area contributed by atoms with Gasteiger partial charge in [0.1, 0.15) is 11.3 Å². The molecule has 1 aliphatic rings. The van der Waals surface area contributed by atoms with Crippen LogP contribution in [-0.4, -0.2) is 35.7 Å². The lowest BCUT2D eigenvalue weighted by molar-refractivity contribution is 0.178. The molecule has 4 N–H and O–H groups in total. The van der Waals surface area contributed by atoms with Crippen LogP contribution < -0.4 is 11.3 Å². The van der Waals surface area contributed by atoms with Crippen LogP contribution >= 0.6 is 0 Å². The average molecular weight is 376 g/mol. The lowest BCUT2D eigenvalue weighted by Gasteiger charge is -2.19. The molecule has 1 saturated carbocycles. The average Bonchev–Trinajstić information content (AvgIpc) is 3.29. The largest absolute Gasteiger partial charge is 0.393 e. The molecule has 4 aromatic heterocycles. The number of fused-ring (bicyclic) bond motifs is 2. The van der Waals surface area contributed by atoms with Crippen LogP contribution in [0.15, 0.2) is 35.4 Å². The van der Waals surface area contributed by atoms with Crippen molar-refractivity contribution in [2.75, 3.05) is 5.73 Å². The highest BCUT2D eigenvalue weighted by atomic mass is 16.3. The fourth-order valence-electron chi connectivity index (χ4n) is 4.17. The van der Waals surface area contributed by atoms with Crippen molar-refractivity contribution in [2.24, 2.45) is 0 Å². The lowest BCUT2D eigenvalue weighted by Crippen LogP contribution is -2.27. The normalized spacial score (nSPS) is 19.6. The van der Waals surface area contributed by atoms with Crippen LogP contribution in [0.5, 0.6) is 0 Å². The predicted molar refractivity (Wildman–Crippen MR) is 107 cm³/mol. The Morgan fingerprint density at radius 3 is 2.93 bits per heavy atom. The van der Waals surface area contributed by atoms with E-state index >= 15 is 0 Å². The topological polar surface area (TPSA) is 123 Å². The number of nitrogens with one attached hydrogen (secondary N) is 1. The minimum atomic E-state index is -0.409. The van der Waals surface area contributed by atoms with Crippen molar-refractivity contribution in [3.63, 3.8) is 0 Å². The van der Waals surface area contributed by atoms with Gasteiger partial charge in [-0.3, -0.25) is 9.36 Å². The Bertz CT molecular complexity index is 1280. The number of hydrogen-bond acceptors (Lipinski definition) is 6. The first-order valence-corrected chi connectivity index (χ1v) is 9.32. The van der Waals surface area contributed by atoms with Crippen LogP contribution in [0.1, 0.15) is 31.0 Å². The molecule has 0 saturated heterocycles. The number of pyridine rings is 2. The number of aliphatic hydroxyl groups is 1. The quantitative estimate of drug-likeness (QED) is 0.493. The maximum absolute atomic E-state index is 13.5.